The van der Waals surface area contributed by atoms with Gasteiger partial charge in [-0.2, -0.15) is 0 Å². The number of methoxy groups -OCH3 is 1. The first-order valence-corrected chi connectivity index (χ1v) is 5.61. The second-order valence-corrected chi connectivity index (χ2v) is 4.40. The predicted octanol–water partition coefficient (Wildman–Crippen LogP) is 2.76. The van der Waals surface area contributed by atoms with Crippen LogP contribution in [-0.2, 0) is 6.42 Å². The van der Waals surface area contributed by atoms with E-state index in [1.165, 1.54) is 13.2 Å². The molecule has 90 valence electrons. The Hall–Kier alpha value is -1.09. The standard InChI is InChI=1S/C13H20FNO/c1-9(2)15-10(3)7-11-5-6-13(16-4)12(14)8-11/h5-6,8-10,15H,7H2,1-4H3. The summed E-state index contributed by atoms with van der Waals surface area (Å²) in [6, 6.07) is 5.90. The molecule has 0 saturated heterocycles. The van der Waals surface area contributed by atoms with Gasteiger partial charge in [-0.05, 0) is 31.0 Å². The molecule has 0 aliphatic carbocycles. The predicted molar refractivity (Wildman–Crippen MR) is 64.4 cm³/mol. The van der Waals surface area contributed by atoms with Crippen molar-refractivity contribution in [3.63, 3.8) is 0 Å². The summed E-state index contributed by atoms with van der Waals surface area (Å²) >= 11 is 0. The van der Waals surface area contributed by atoms with Crippen LogP contribution in [0.1, 0.15) is 26.3 Å². The van der Waals surface area contributed by atoms with Gasteiger partial charge in [-0.15, -0.1) is 0 Å². The first kappa shape index (κ1) is 13.0. The molecular weight excluding hydrogens is 205 g/mol. The maximum Gasteiger partial charge on any atom is 0.165 e. The van der Waals surface area contributed by atoms with Gasteiger partial charge in [0.1, 0.15) is 0 Å². The van der Waals surface area contributed by atoms with Gasteiger partial charge in [-0.3, -0.25) is 0 Å². The number of rotatable bonds is 5. The van der Waals surface area contributed by atoms with Crippen LogP contribution in [0.15, 0.2) is 18.2 Å². The molecule has 0 amide bonds. The van der Waals surface area contributed by atoms with Crippen LogP contribution in [-0.4, -0.2) is 19.2 Å². The number of hydrogen-bond donors (Lipinski definition) is 1. The summed E-state index contributed by atoms with van der Waals surface area (Å²) in [4.78, 5) is 0. The third-order valence-corrected chi connectivity index (χ3v) is 2.38. The Morgan fingerprint density at radius 3 is 2.50 bits per heavy atom. The molecule has 2 nitrogen and oxygen atoms in total. The molecule has 1 rings (SSSR count). The van der Waals surface area contributed by atoms with Gasteiger partial charge >= 0.3 is 0 Å². The van der Waals surface area contributed by atoms with Crippen LogP contribution in [0.25, 0.3) is 0 Å². The van der Waals surface area contributed by atoms with Crippen molar-refractivity contribution in [1.82, 2.24) is 5.32 Å². The zero-order valence-corrected chi connectivity index (χ0v) is 10.4. The Kier molecular flexibility index (Phi) is 4.74. The van der Waals surface area contributed by atoms with Crippen molar-refractivity contribution in [2.24, 2.45) is 0 Å². The molecule has 0 bridgehead atoms. The molecule has 0 heterocycles. The number of benzene rings is 1. The van der Waals surface area contributed by atoms with E-state index in [2.05, 4.69) is 26.1 Å². The van der Waals surface area contributed by atoms with Crippen molar-refractivity contribution in [3.05, 3.63) is 29.6 Å². The van der Waals surface area contributed by atoms with Crippen LogP contribution in [0, 0.1) is 5.82 Å². The van der Waals surface area contributed by atoms with Gasteiger partial charge in [0.25, 0.3) is 0 Å². The summed E-state index contributed by atoms with van der Waals surface area (Å²) in [7, 11) is 1.47. The Morgan fingerprint density at radius 2 is 2.00 bits per heavy atom. The molecule has 0 spiro atoms. The van der Waals surface area contributed by atoms with E-state index in [0.717, 1.165) is 12.0 Å². The molecule has 1 unspecified atom stereocenters. The van der Waals surface area contributed by atoms with E-state index in [9.17, 15) is 4.39 Å². The van der Waals surface area contributed by atoms with Crippen molar-refractivity contribution in [2.45, 2.75) is 39.3 Å². The second kappa shape index (κ2) is 5.85. The maximum absolute atomic E-state index is 13.4. The summed E-state index contributed by atoms with van der Waals surface area (Å²) in [6.07, 6.45) is 0.819. The first-order chi connectivity index (χ1) is 7.52. The molecule has 0 saturated carbocycles. The average molecular weight is 225 g/mol. The highest BCUT2D eigenvalue weighted by Gasteiger charge is 2.08. The van der Waals surface area contributed by atoms with Crippen LogP contribution < -0.4 is 10.1 Å². The van der Waals surface area contributed by atoms with Gasteiger partial charge in [0.05, 0.1) is 7.11 Å². The van der Waals surface area contributed by atoms with Gasteiger partial charge in [0.2, 0.25) is 0 Å². The Labute approximate surface area is 96.8 Å². The zero-order chi connectivity index (χ0) is 12.1. The summed E-state index contributed by atoms with van der Waals surface area (Å²) in [6.45, 7) is 6.30. The third-order valence-electron chi connectivity index (χ3n) is 2.38. The van der Waals surface area contributed by atoms with Crippen LogP contribution in [0.2, 0.25) is 0 Å². The van der Waals surface area contributed by atoms with Crippen molar-refractivity contribution in [1.29, 1.82) is 0 Å². The fraction of sp³-hybridized carbons (Fsp3) is 0.538. The normalized spacial score (nSPS) is 12.9. The highest BCUT2D eigenvalue weighted by atomic mass is 19.1. The highest BCUT2D eigenvalue weighted by Crippen LogP contribution is 2.18. The number of ether oxygens (including phenoxy) is 1. The summed E-state index contributed by atoms with van der Waals surface area (Å²) < 4.78 is 18.3. The first-order valence-electron chi connectivity index (χ1n) is 5.61. The average Bonchev–Trinajstić information content (AvgIpc) is 2.16. The van der Waals surface area contributed by atoms with E-state index in [1.807, 2.05) is 6.07 Å². The SMILES string of the molecule is COc1ccc(CC(C)NC(C)C)cc1F. The second-order valence-electron chi connectivity index (χ2n) is 4.40. The number of hydrogen-bond acceptors (Lipinski definition) is 2. The van der Waals surface area contributed by atoms with Gasteiger partial charge < -0.3 is 10.1 Å². The zero-order valence-electron chi connectivity index (χ0n) is 10.4. The molecular formula is C13H20FNO. The monoisotopic (exact) mass is 225 g/mol. The fourth-order valence-corrected chi connectivity index (χ4v) is 1.82. The molecule has 0 radical (unpaired) electrons. The van der Waals surface area contributed by atoms with Crippen molar-refractivity contribution in [3.8, 4) is 5.75 Å². The summed E-state index contributed by atoms with van der Waals surface area (Å²) in [5.74, 6) is 0.00460. The van der Waals surface area contributed by atoms with Crippen LogP contribution in [0.4, 0.5) is 4.39 Å². The molecule has 16 heavy (non-hydrogen) atoms. The molecule has 1 aromatic carbocycles. The van der Waals surface area contributed by atoms with E-state index >= 15 is 0 Å². The topological polar surface area (TPSA) is 21.3 Å². The van der Waals surface area contributed by atoms with Crippen LogP contribution in [0.3, 0.4) is 0 Å². The molecule has 0 aliphatic rings. The lowest BCUT2D eigenvalue weighted by atomic mass is 10.1. The molecule has 0 aromatic heterocycles. The fourth-order valence-electron chi connectivity index (χ4n) is 1.82. The molecule has 1 aromatic rings. The Bertz CT molecular complexity index is 339. The van der Waals surface area contributed by atoms with Gasteiger partial charge in [-0.1, -0.05) is 19.9 Å². The molecule has 0 fully saturated rings. The lowest BCUT2D eigenvalue weighted by Crippen LogP contribution is -2.33. The van der Waals surface area contributed by atoms with Gasteiger partial charge in [-0.25, -0.2) is 4.39 Å². The van der Waals surface area contributed by atoms with Crippen LogP contribution in [0.5, 0.6) is 5.75 Å². The Morgan fingerprint density at radius 1 is 1.31 bits per heavy atom. The van der Waals surface area contributed by atoms with E-state index < -0.39 is 0 Å². The molecule has 3 heteroatoms. The van der Waals surface area contributed by atoms with Crippen molar-refractivity contribution in [2.75, 3.05) is 7.11 Å². The number of halogens is 1. The largest absolute Gasteiger partial charge is 0.494 e. The van der Waals surface area contributed by atoms with Crippen molar-refractivity contribution < 1.29 is 9.13 Å². The minimum absolute atomic E-state index is 0.295. The van der Waals surface area contributed by atoms with E-state index in [-0.39, 0.29) is 5.82 Å². The van der Waals surface area contributed by atoms with E-state index in [0.29, 0.717) is 17.8 Å². The quantitative estimate of drug-likeness (QED) is 0.832. The van der Waals surface area contributed by atoms with Gasteiger partial charge in [0.15, 0.2) is 11.6 Å². The molecule has 1 atom stereocenters. The molecule has 0 aliphatic heterocycles. The highest BCUT2D eigenvalue weighted by molar-refractivity contribution is 5.29. The maximum atomic E-state index is 13.4. The minimum Gasteiger partial charge on any atom is -0.494 e. The van der Waals surface area contributed by atoms with E-state index in [1.54, 1.807) is 6.07 Å². The Balaban J connectivity index is 2.64. The molecule has 1 N–H and O–H groups in total. The van der Waals surface area contributed by atoms with Crippen molar-refractivity contribution >= 4 is 0 Å². The van der Waals surface area contributed by atoms with E-state index in [4.69, 9.17) is 4.74 Å². The lowest BCUT2D eigenvalue weighted by molar-refractivity contribution is 0.386. The lowest BCUT2D eigenvalue weighted by Gasteiger charge is -2.17. The number of nitrogens with one attached hydrogen (secondary N) is 1. The summed E-state index contributed by atoms with van der Waals surface area (Å²) in [5, 5.41) is 3.39. The van der Waals surface area contributed by atoms with Gasteiger partial charge in [0, 0.05) is 12.1 Å². The smallest absolute Gasteiger partial charge is 0.165 e. The third kappa shape index (κ3) is 3.81. The van der Waals surface area contributed by atoms with Crippen LogP contribution >= 0.6 is 0 Å². The minimum atomic E-state index is -0.295. The summed E-state index contributed by atoms with van der Waals surface area (Å²) in [5.41, 5.74) is 0.985.